The number of tetrazole rings is 1. The van der Waals surface area contributed by atoms with E-state index in [0.29, 0.717) is 22.7 Å². The number of ether oxygens (including phenoxy) is 1. The summed E-state index contributed by atoms with van der Waals surface area (Å²) < 4.78 is 5.16. The number of nitrogens with one attached hydrogen (secondary N) is 3. The molecule has 0 aliphatic rings. The summed E-state index contributed by atoms with van der Waals surface area (Å²) in [5, 5.41) is 28.2. The predicted molar refractivity (Wildman–Crippen MR) is 98.8 cm³/mol. The summed E-state index contributed by atoms with van der Waals surface area (Å²) >= 11 is 0. The van der Waals surface area contributed by atoms with Gasteiger partial charge in [-0.25, -0.2) is 0 Å². The molecule has 0 aliphatic carbocycles. The van der Waals surface area contributed by atoms with Gasteiger partial charge in [-0.3, -0.25) is 4.79 Å². The van der Waals surface area contributed by atoms with Crippen molar-refractivity contribution < 1.29 is 9.53 Å². The standard InChI is InChI=1S/C18H15N7O2/c1-27-14-6-4-5-13(9-14)21-18(26)15-7-2-3-8-16(15)20-11-12(10-19)17-22-24-25-23-17/h2-9,11,20H,1H3,(H,21,26)(H,22,23,24,25). The Morgan fingerprint density at radius 3 is 2.85 bits per heavy atom. The SMILES string of the molecule is COc1cccc(NC(=O)c2ccccc2NC=C(C#N)c2nn[nH]n2)c1. The zero-order chi connectivity index (χ0) is 19.1. The van der Waals surface area contributed by atoms with Crippen LogP contribution in [0.5, 0.6) is 5.75 Å². The molecule has 0 atom stereocenters. The molecule has 1 heterocycles. The minimum Gasteiger partial charge on any atom is -0.497 e. The average molecular weight is 361 g/mol. The maximum Gasteiger partial charge on any atom is 0.257 e. The number of H-pyrrole nitrogens is 1. The number of carbonyl (C=O) groups excluding carboxylic acids is 1. The quantitative estimate of drug-likeness (QED) is 0.575. The zero-order valence-corrected chi connectivity index (χ0v) is 14.3. The van der Waals surface area contributed by atoms with Gasteiger partial charge in [-0.05, 0) is 29.5 Å². The van der Waals surface area contributed by atoms with Crippen molar-refractivity contribution >= 4 is 22.9 Å². The molecule has 134 valence electrons. The van der Waals surface area contributed by atoms with E-state index in [2.05, 4.69) is 31.3 Å². The van der Waals surface area contributed by atoms with E-state index < -0.39 is 0 Å². The number of carbonyl (C=O) groups is 1. The summed E-state index contributed by atoms with van der Waals surface area (Å²) in [5.41, 5.74) is 1.71. The van der Waals surface area contributed by atoms with E-state index in [-0.39, 0.29) is 17.3 Å². The van der Waals surface area contributed by atoms with Crippen LogP contribution in [0.1, 0.15) is 16.2 Å². The van der Waals surface area contributed by atoms with Gasteiger partial charge in [0.2, 0.25) is 5.82 Å². The van der Waals surface area contributed by atoms with Gasteiger partial charge in [0, 0.05) is 18.0 Å². The van der Waals surface area contributed by atoms with Gasteiger partial charge < -0.3 is 15.4 Å². The van der Waals surface area contributed by atoms with Gasteiger partial charge in [0.1, 0.15) is 17.4 Å². The molecule has 0 unspecified atom stereocenters. The fourth-order valence-corrected chi connectivity index (χ4v) is 2.28. The van der Waals surface area contributed by atoms with Gasteiger partial charge in [0.25, 0.3) is 5.91 Å². The molecule has 0 saturated carbocycles. The zero-order valence-electron chi connectivity index (χ0n) is 14.3. The van der Waals surface area contributed by atoms with Crippen molar-refractivity contribution in [1.82, 2.24) is 20.6 Å². The summed E-state index contributed by atoms with van der Waals surface area (Å²) in [6.07, 6.45) is 1.42. The highest BCUT2D eigenvalue weighted by Crippen LogP contribution is 2.21. The first-order valence-corrected chi connectivity index (χ1v) is 7.86. The lowest BCUT2D eigenvalue weighted by atomic mass is 10.1. The maximum absolute atomic E-state index is 12.7. The molecular formula is C18H15N7O2. The molecule has 3 N–H and O–H groups in total. The van der Waals surface area contributed by atoms with Crippen LogP contribution in [0.2, 0.25) is 0 Å². The third-order valence-corrected chi connectivity index (χ3v) is 3.58. The molecule has 0 bridgehead atoms. The number of nitrogens with zero attached hydrogens (tertiary/aromatic N) is 4. The smallest absolute Gasteiger partial charge is 0.257 e. The van der Waals surface area contributed by atoms with Crippen molar-refractivity contribution in [3.8, 4) is 11.8 Å². The molecule has 9 nitrogen and oxygen atoms in total. The highest BCUT2D eigenvalue weighted by molar-refractivity contribution is 6.08. The number of nitriles is 1. The Labute approximate surface area is 154 Å². The van der Waals surface area contributed by atoms with Gasteiger partial charge in [-0.15, -0.1) is 10.2 Å². The monoisotopic (exact) mass is 361 g/mol. The molecule has 0 fully saturated rings. The molecule has 3 aromatic rings. The van der Waals surface area contributed by atoms with E-state index in [1.807, 2.05) is 6.07 Å². The van der Waals surface area contributed by atoms with Crippen molar-refractivity contribution in [2.45, 2.75) is 0 Å². The highest BCUT2D eigenvalue weighted by atomic mass is 16.5. The number of amides is 1. The molecule has 1 aromatic heterocycles. The number of hydrogen-bond acceptors (Lipinski definition) is 7. The Kier molecular flexibility index (Phi) is 5.39. The summed E-state index contributed by atoms with van der Waals surface area (Å²) in [4.78, 5) is 12.7. The minimum absolute atomic E-state index is 0.156. The summed E-state index contributed by atoms with van der Waals surface area (Å²) in [5.74, 6) is 0.488. The highest BCUT2D eigenvalue weighted by Gasteiger charge is 2.12. The fraction of sp³-hybridized carbons (Fsp3) is 0.0556. The van der Waals surface area contributed by atoms with E-state index >= 15 is 0 Å². The molecule has 1 amide bonds. The number of aromatic amines is 1. The summed E-state index contributed by atoms with van der Waals surface area (Å²) in [7, 11) is 1.56. The largest absolute Gasteiger partial charge is 0.497 e. The second-order valence-electron chi connectivity index (χ2n) is 5.28. The van der Waals surface area contributed by atoms with Crippen LogP contribution < -0.4 is 15.4 Å². The molecule has 0 radical (unpaired) electrons. The Bertz CT molecular complexity index is 1010. The second-order valence-corrected chi connectivity index (χ2v) is 5.28. The van der Waals surface area contributed by atoms with Crippen LogP contribution in [-0.4, -0.2) is 33.6 Å². The first-order chi connectivity index (χ1) is 13.2. The number of para-hydroxylation sites is 1. The number of anilines is 2. The summed E-state index contributed by atoms with van der Waals surface area (Å²) in [6.45, 7) is 0. The molecule has 2 aromatic carbocycles. The number of hydrogen-bond donors (Lipinski definition) is 3. The van der Waals surface area contributed by atoms with Crippen molar-refractivity contribution in [3.05, 3.63) is 66.1 Å². The van der Waals surface area contributed by atoms with Crippen LogP contribution in [-0.2, 0) is 0 Å². The van der Waals surface area contributed by atoms with Crippen LogP contribution in [0.4, 0.5) is 11.4 Å². The van der Waals surface area contributed by atoms with E-state index in [9.17, 15) is 10.1 Å². The van der Waals surface area contributed by atoms with Crippen LogP contribution in [0.25, 0.3) is 5.57 Å². The lowest BCUT2D eigenvalue weighted by Gasteiger charge is -2.11. The van der Waals surface area contributed by atoms with Crippen LogP contribution in [0.3, 0.4) is 0 Å². The van der Waals surface area contributed by atoms with E-state index in [1.54, 1.807) is 55.6 Å². The van der Waals surface area contributed by atoms with E-state index in [4.69, 9.17) is 4.74 Å². The number of allylic oxidation sites excluding steroid dienone is 1. The normalized spacial score (nSPS) is 10.7. The van der Waals surface area contributed by atoms with Gasteiger partial charge in [0.15, 0.2) is 0 Å². The first kappa shape index (κ1) is 17.6. The Morgan fingerprint density at radius 1 is 1.26 bits per heavy atom. The van der Waals surface area contributed by atoms with E-state index in [0.717, 1.165) is 0 Å². The molecular weight excluding hydrogens is 346 g/mol. The number of aromatic nitrogens is 4. The number of rotatable bonds is 6. The third kappa shape index (κ3) is 4.26. The van der Waals surface area contributed by atoms with E-state index in [1.165, 1.54) is 6.20 Å². The minimum atomic E-state index is -0.308. The molecule has 3 rings (SSSR count). The second kappa shape index (κ2) is 8.26. The Hall–Kier alpha value is -4.19. The Balaban J connectivity index is 1.81. The third-order valence-electron chi connectivity index (χ3n) is 3.58. The lowest BCUT2D eigenvalue weighted by Crippen LogP contribution is -2.13. The first-order valence-electron chi connectivity index (χ1n) is 7.86. The molecule has 0 aliphatic heterocycles. The van der Waals surface area contributed by atoms with Crippen LogP contribution in [0.15, 0.2) is 54.7 Å². The number of methoxy groups -OCH3 is 1. The molecule has 27 heavy (non-hydrogen) atoms. The fourth-order valence-electron chi connectivity index (χ4n) is 2.28. The molecule has 0 saturated heterocycles. The van der Waals surface area contributed by atoms with Crippen molar-refractivity contribution in [2.24, 2.45) is 0 Å². The molecule has 9 heteroatoms. The van der Waals surface area contributed by atoms with Gasteiger partial charge in [0.05, 0.1) is 18.4 Å². The van der Waals surface area contributed by atoms with Crippen molar-refractivity contribution in [2.75, 3.05) is 17.7 Å². The van der Waals surface area contributed by atoms with Gasteiger partial charge >= 0.3 is 0 Å². The van der Waals surface area contributed by atoms with Crippen molar-refractivity contribution in [1.29, 1.82) is 5.26 Å². The average Bonchev–Trinajstić information content (AvgIpc) is 3.23. The predicted octanol–water partition coefficient (Wildman–Crippen LogP) is 2.44. The van der Waals surface area contributed by atoms with Crippen LogP contribution >= 0.6 is 0 Å². The van der Waals surface area contributed by atoms with Crippen LogP contribution in [0, 0.1) is 11.3 Å². The number of benzene rings is 2. The maximum atomic E-state index is 12.7. The summed E-state index contributed by atoms with van der Waals surface area (Å²) in [6, 6.07) is 16.0. The molecule has 0 spiro atoms. The Morgan fingerprint density at radius 2 is 2.11 bits per heavy atom. The topological polar surface area (TPSA) is 129 Å². The lowest BCUT2D eigenvalue weighted by molar-refractivity contribution is 0.102. The van der Waals surface area contributed by atoms with Gasteiger partial charge in [-0.2, -0.15) is 10.5 Å². The van der Waals surface area contributed by atoms with Crippen molar-refractivity contribution in [3.63, 3.8) is 0 Å². The van der Waals surface area contributed by atoms with Gasteiger partial charge in [-0.1, -0.05) is 18.2 Å².